The number of aromatic nitrogens is 3. The first-order valence-electron chi connectivity index (χ1n) is 7.64. The molecule has 0 aliphatic carbocycles. The molecule has 0 aliphatic heterocycles. The van der Waals surface area contributed by atoms with Crippen molar-refractivity contribution >= 4 is 21.8 Å². The van der Waals surface area contributed by atoms with Crippen LogP contribution in [0.4, 0.5) is 0 Å². The van der Waals surface area contributed by atoms with E-state index in [1.54, 1.807) is 4.57 Å². The largest absolute Gasteiger partial charge is 0.419 e. The number of benzene rings is 1. The molecule has 2 aromatic heterocycles. The van der Waals surface area contributed by atoms with E-state index < -0.39 is 0 Å². The van der Waals surface area contributed by atoms with Gasteiger partial charge in [-0.3, -0.25) is 4.79 Å². The Morgan fingerprint density at radius 3 is 2.92 bits per heavy atom. The summed E-state index contributed by atoms with van der Waals surface area (Å²) in [4.78, 5) is 12.2. The van der Waals surface area contributed by atoms with Gasteiger partial charge in [-0.05, 0) is 29.8 Å². The predicted molar refractivity (Wildman–Crippen MR) is 93.1 cm³/mol. The summed E-state index contributed by atoms with van der Waals surface area (Å²) in [7, 11) is 0. The van der Waals surface area contributed by atoms with Crippen LogP contribution in [0.15, 0.2) is 51.5 Å². The van der Waals surface area contributed by atoms with Crippen molar-refractivity contribution in [2.75, 3.05) is 0 Å². The maximum Gasteiger partial charge on any atom is 0.264 e. The van der Waals surface area contributed by atoms with Crippen LogP contribution >= 0.6 is 15.9 Å². The van der Waals surface area contributed by atoms with Crippen LogP contribution in [0.25, 0.3) is 11.6 Å². The number of amides is 1. The van der Waals surface area contributed by atoms with E-state index in [0.717, 1.165) is 15.7 Å². The van der Waals surface area contributed by atoms with Gasteiger partial charge in [-0.2, -0.15) is 0 Å². The van der Waals surface area contributed by atoms with E-state index in [0.29, 0.717) is 24.7 Å². The van der Waals surface area contributed by atoms with Crippen LogP contribution < -0.4 is 5.32 Å². The molecule has 0 unspecified atom stereocenters. The highest BCUT2D eigenvalue weighted by Gasteiger charge is 2.13. The third-order valence-electron chi connectivity index (χ3n) is 3.51. The van der Waals surface area contributed by atoms with E-state index in [1.165, 1.54) is 0 Å². The molecule has 6 nitrogen and oxygen atoms in total. The molecule has 1 aromatic carbocycles. The minimum atomic E-state index is -0.0809. The first-order valence-corrected chi connectivity index (χ1v) is 8.44. The summed E-state index contributed by atoms with van der Waals surface area (Å²) >= 11 is 3.42. The molecule has 0 saturated heterocycles. The molecule has 0 atom stereocenters. The number of carbonyl (C=O) groups excluding carboxylic acids is 1. The Balaban J connectivity index is 1.64. The molecular formula is C17H17BrN4O2. The van der Waals surface area contributed by atoms with E-state index >= 15 is 0 Å². The normalized spacial score (nSPS) is 10.8. The molecular weight excluding hydrogens is 372 g/mol. The first-order chi connectivity index (χ1) is 11.7. The number of nitrogens with zero attached hydrogens (tertiary/aromatic N) is 3. The number of nitrogens with one attached hydrogen (secondary N) is 1. The van der Waals surface area contributed by atoms with E-state index in [2.05, 4.69) is 31.4 Å². The fourth-order valence-corrected chi connectivity index (χ4v) is 2.75. The van der Waals surface area contributed by atoms with Gasteiger partial charge in [-0.1, -0.05) is 35.0 Å². The molecule has 3 aromatic rings. The molecule has 0 bridgehead atoms. The maximum atomic E-state index is 12.2. The lowest BCUT2D eigenvalue weighted by Crippen LogP contribution is -2.27. The number of hydrogen-bond acceptors (Lipinski definition) is 4. The third kappa shape index (κ3) is 3.91. The number of halogens is 1. The Labute approximate surface area is 148 Å². The van der Waals surface area contributed by atoms with E-state index in [-0.39, 0.29) is 12.5 Å². The van der Waals surface area contributed by atoms with Crippen LogP contribution in [0.1, 0.15) is 18.4 Å². The zero-order chi connectivity index (χ0) is 16.9. The lowest BCUT2D eigenvalue weighted by atomic mass is 10.2. The van der Waals surface area contributed by atoms with Crippen LogP contribution in [0, 0.1) is 0 Å². The fourth-order valence-electron chi connectivity index (χ4n) is 2.30. The van der Waals surface area contributed by atoms with Crippen LogP contribution in [0.3, 0.4) is 0 Å². The van der Waals surface area contributed by atoms with Gasteiger partial charge in [0, 0.05) is 23.6 Å². The second kappa shape index (κ2) is 7.44. The highest BCUT2D eigenvalue weighted by molar-refractivity contribution is 9.10. The Bertz CT molecular complexity index is 840. The van der Waals surface area contributed by atoms with Gasteiger partial charge < -0.3 is 14.3 Å². The highest BCUT2D eigenvalue weighted by Crippen LogP contribution is 2.19. The van der Waals surface area contributed by atoms with Crippen LogP contribution in [0.2, 0.25) is 0 Å². The Morgan fingerprint density at radius 1 is 1.29 bits per heavy atom. The minimum Gasteiger partial charge on any atom is -0.419 e. The zero-order valence-corrected chi connectivity index (χ0v) is 14.8. The quantitative estimate of drug-likeness (QED) is 0.703. The van der Waals surface area contributed by atoms with Gasteiger partial charge in [0.05, 0.1) is 0 Å². The molecule has 7 heteroatoms. The monoisotopic (exact) mass is 388 g/mol. The number of rotatable bonds is 6. The van der Waals surface area contributed by atoms with Crippen LogP contribution in [-0.2, 0) is 24.3 Å². The summed E-state index contributed by atoms with van der Waals surface area (Å²) in [5.41, 5.74) is 1.77. The van der Waals surface area contributed by atoms with Gasteiger partial charge in [-0.25, -0.2) is 0 Å². The molecule has 1 amide bonds. The molecule has 0 aliphatic rings. The predicted octanol–water partition coefficient (Wildman–Crippen LogP) is 3.18. The van der Waals surface area contributed by atoms with E-state index in [1.807, 2.05) is 49.5 Å². The third-order valence-corrected chi connectivity index (χ3v) is 4.00. The summed E-state index contributed by atoms with van der Waals surface area (Å²) < 4.78 is 8.35. The Kier molecular flexibility index (Phi) is 5.10. The fraction of sp³-hybridized carbons (Fsp3) is 0.235. The lowest BCUT2D eigenvalue weighted by molar-refractivity contribution is -0.121. The molecule has 2 heterocycles. The smallest absolute Gasteiger partial charge is 0.264 e. The molecule has 0 saturated carbocycles. The molecule has 0 radical (unpaired) electrons. The molecule has 124 valence electrons. The molecule has 3 rings (SSSR count). The summed E-state index contributed by atoms with van der Waals surface area (Å²) in [6, 6.07) is 11.5. The summed E-state index contributed by atoms with van der Waals surface area (Å²) in [6.45, 7) is 2.63. The zero-order valence-electron chi connectivity index (χ0n) is 13.2. The van der Waals surface area contributed by atoms with Crippen LogP contribution in [0.5, 0.6) is 0 Å². The van der Waals surface area contributed by atoms with Gasteiger partial charge in [0.15, 0.2) is 0 Å². The van der Waals surface area contributed by atoms with Crippen molar-refractivity contribution in [2.45, 2.75) is 26.4 Å². The van der Waals surface area contributed by atoms with Crippen molar-refractivity contribution in [1.82, 2.24) is 20.1 Å². The SMILES string of the molecule is CCc1nnc(-c2cccn2CC(=O)NCc2cccc(Br)c2)o1. The number of hydrogen-bond donors (Lipinski definition) is 1. The van der Waals surface area contributed by atoms with Gasteiger partial charge >= 0.3 is 0 Å². The standard InChI is InChI=1S/C17H17BrN4O2/c1-2-16-20-21-17(24-16)14-7-4-8-22(14)11-15(23)19-10-12-5-3-6-13(18)9-12/h3-9H,2,10-11H2,1H3,(H,19,23). The van der Waals surface area contributed by atoms with E-state index in [4.69, 9.17) is 4.42 Å². The average molecular weight is 389 g/mol. The molecule has 1 N–H and O–H groups in total. The lowest BCUT2D eigenvalue weighted by Gasteiger charge is -2.08. The second-order valence-electron chi connectivity index (χ2n) is 5.28. The van der Waals surface area contributed by atoms with Crippen molar-refractivity contribution in [3.8, 4) is 11.6 Å². The van der Waals surface area contributed by atoms with E-state index in [9.17, 15) is 4.79 Å². The van der Waals surface area contributed by atoms with Crippen LogP contribution in [-0.4, -0.2) is 20.7 Å². The Morgan fingerprint density at radius 2 is 2.17 bits per heavy atom. The summed E-state index contributed by atoms with van der Waals surface area (Å²) in [5, 5.41) is 10.9. The van der Waals surface area contributed by atoms with Crippen molar-refractivity contribution in [3.05, 3.63) is 58.5 Å². The van der Waals surface area contributed by atoms with Gasteiger partial charge in [0.2, 0.25) is 11.8 Å². The maximum absolute atomic E-state index is 12.2. The molecule has 0 spiro atoms. The van der Waals surface area contributed by atoms with Gasteiger partial charge in [0.1, 0.15) is 12.2 Å². The van der Waals surface area contributed by atoms with Crippen molar-refractivity contribution in [2.24, 2.45) is 0 Å². The minimum absolute atomic E-state index is 0.0809. The van der Waals surface area contributed by atoms with Crippen molar-refractivity contribution in [3.63, 3.8) is 0 Å². The average Bonchev–Trinajstić information content (AvgIpc) is 3.21. The highest BCUT2D eigenvalue weighted by atomic mass is 79.9. The molecule has 24 heavy (non-hydrogen) atoms. The van der Waals surface area contributed by atoms with Crippen molar-refractivity contribution < 1.29 is 9.21 Å². The second-order valence-corrected chi connectivity index (χ2v) is 6.20. The number of carbonyl (C=O) groups is 1. The summed E-state index contributed by atoms with van der Waals surface area (Å²) in [5.74, 6) is 0.927. The first kappa shape index (κ1) is 16.4. The van der Waals surface area contributed by atoms with Crippen molar-refractivity contribution in [1.29, 1.82) is 0 Å². The van der Waals surface area contributed by atoms with Gasteiger partial charge in [-0.15, -0.1) is 10.2 Å². The topological polar surface area (TPSA) is 73.0 Å². The summed E-state index contributed by atoms with van der Waals surface area (Å²) in [6.07, 6.45) is 2.50. The molecule has 0 fully saturated rings. The Hall–Kier alpha value is -2.41. The van der Waals surface area contributed by atoms with Gasteiger partial charge in [0.25, 0.3) is 5.89 Å². The number of aryl methyl sites for hydroxylation is 1.